The summed E-state index contributed by atoms with van der Waals surface area (Å²) in [5.74, 6) is -0.291. The molecule has 66 valence electrons. The van der Waals surface area contributed by atoms with E-state index < -0.39 is 4.75 Å². The van der Waals surface area contributed by atoms with E-state index in [0.717, 1.165) is 5.69 Å². The van der Waals surface area contributed by atoms with E-state index >= 15 is 0 Å². The number of aromatic nitrogens is 1. The van der Waals surface area contributed by atoms with Gasteiger partial charge in [-0.3, -0.25) is 4.98 Å². The van der Waals surface area contributed by atoms with Crippen molar-refractivity contribution in [2.75, 3.05) is 0 Å². The summed E-state index contributed by atoms with van der Waals surface area (Å²) in [6.45, 7) is 5.55. The highest BCUT2D eigenvalue weighted by atomic mass is 32.1. The summed E-state index contributed by atoms with van der Waals surface area (Å²) < 4.78 is 12.7. The van der Waals surface area contributed by atoms with E-state index in [4.69, 9.17) is 0 Å². The lowest BCUT2D eigenvalue weighted by Gasteiger charge is -2.18. The van der Waals surface area contributed by atoms with Crippen molar-refractivity contribution < 1.29 is 4.39 Å². The minimum Gasteiger partial charge on any atom is -0.259 e. The Morgan fingerprint density at radius 3 is 2.50 bits per heavy atom. The molecule has 0 amide bonds. The molecule has 0 fully saturated rings. The molecule has 0 bridgehead atoms. The Labute approximate surface area is 77.4 Å². The maximum atomic E-state index is 13.2. The van der Waals surface area contributed by atoms with Crippen molar-refractivity contribution in [1.82, 2.24) is 4.98 Å². The lowest BCUT2D eigenvalue weighted by molar-refractivity contribution is 0.580. The second kappa shape index (κ2) is 3.05. The minimum absolute atomic E-state index is 0.291. The van der Waals surface area contributed by atoms with Gasteiger partial charge in [0.05, 0.1) is 6.20 Å². The van der Waals surface area contributed by atoms with Crippen LogP contribution >= 0.6 is 12.6 Å². The zero-order valence-electron chi connectivity index (χ0n) is 7.43. The molecule has 1 heterocycles. The highest BCUT2D eigenvalue weighted by Gasteiger charge is 2.19. The average Bonchev–Trinajstić information content (AvgIpc) is 1.92. The fourth-order valence-corrected chi connectivity index (χ4v) is 1.18. The van der Waals surface area contributed by atoms with Gasteiger partial charge in [0.1, 0.15) is 5.82 Å². The van der Waals surface area contributed by atoms with E-state index in [1.807, 2.05) is 20.8 Å². The summed E-state index contributed by atoms with van der Waals surface area (Å²) in [6, 6.07) is 1.72. The van der Waals surface area contributed by atoms with Gasteiger partial charge in [0, 0.05) is 16.0 Å². The summed E-state index contributed by atoms with van der Waals surface area (Å²) in [6.07, 6.45) is 1.24. The molecule has 0 spiro atoms. The minimum atomic E-state index is -0.447. The Balaban J connectivity index is 3.23. The van der Waals surface area contributed by atoms with Gasteiger partial charge in [-0.2, -0.15) is 12.6 Å². The maximum absolute atomic E-state index is 13.2. The second-order valence-electron chi connectivity index (χ2n) is 3.36. The summed E-state index contributed by atoms with van der Waals surface area (Å²) in [7, 11) is 0. The number of aryl methyl sites for hydroxylation is 1. The number of nitrogens with zero attached hydrogens (tertiary/aromatic N) is 1. The number of hydrogen-bond donors (Lipinski definition) is 1. The topological polar surface area (TPSA) is 12.9 Å². The van der Waals surface area contributed by atoms with E-state index in [1.165, 1.54) is 6.20 Å². The van der Waals surface area contributed by atoms with Crippen LogP contribution in [0.15, 0.2) is 12.3 Å². The number of hydrogen-bond acceptors (Lipinski definition) is 2. The molecule has 1 nitrogen and oxygen atoms in total. The normalized spacial score (nSPS) is 11.8. The molecule has 1 aromatic heterocycles. The summed E-state index contributed by atoms with van der Waals surface area (Å²) in [5, 5.41) is 0. The number of halogens is 1. The van der Waals surface area contributed by atoms with Crippen molar-refractivity contribution >= 4 is 12.6 Å². The lowest BCUT2D eigenvalue weighted by atomic mass is 10.0. The van der Waals surface area contributed by atoms with Gasteiger partial charge in [0.25, 0.3) is 0 Å². The molecule has 0 saturated carbocycles. The number of thiol groups is 1. The van der Waals surface area contributed by atoms with Gasteiger partial charge in [-0.15, -0.1) is 0 Å². The third kappa shape index (κ3) is 1.97. The van der Waals surface area contributed by atoms with Crippen LogP contribution < -0.4 is 0 Å². The molecule has 0 radical (unpaired) electrons. The third-order valence-electron chi connectivity index (χ3n) is 1.65. The second-order valence-corrected chi connectivity index (χ2v) is 4.48. The van der Waals surface area contributed by atoms with Crippen molar-refractivity contribution in [3.8, 4) is 0 Å². The lowest BCUT2D eigenvalue weighted by Crippen LogP contribution is -2.11. The Bertz CT molecular complexity index is 291. The van der Waals surface area contributed by atoms with Crippen LogP contribution in [-0.4, -0.2) is 4.98 Å². The molecule has 12 heavy (non-hydrogen) atoms. The van der Waals surface area contributed by atoms with Crippen LogP contribution in [0.5, 0.6) is 0 Å². The Hall–Kier alpha value is -0.570. The first kappa shape index (κ1) is 9.52. The molecule has 1 rings (SSSR count). The summed E-state index contributed by atoms with van der Waals surface area (Å²) >= 11 is 4.29. The molecular weight excluding hydrogens is 173 g/mol. The van der Waals surface area contributed by atoms with Crippen molar-refractivity contribution in [2.45, 2.75) is 25.5 Å². The van der Waals surface area contributed by atoms with Gasteiger partial charge in [-0.1, -0.05) is 0 Å². The molecule has 0 N–H and O–H groups in total. The van der Waals surface area contributed by atoms with Gasteiger partial charge in [-0.25, -0.2) is 4.39 Å². The fourth-order valence-electron chi connectivity index (χ4n) is 1.01. The van der Waals surface area contributed by atoms with Crippen molar-refractivity contribution in [3.05, 3.63) is 29.3 Å². The molecule has 0 aliphatic carbocycles. The Morgan fingerprint density at radius 2 is 2.08 bits per heavy atom. The zero-order valence-corrected chi connectivity index (χ0v) is 8.32. The Kier molecular flexibility index (Phi) is 2.42. The van der Waals surface area contributed by atoms with Crippen molar-refractivity contribution in [1.29, 1.82) is 0 Å². The first-order valence-corrected chi connectivity index (χ1v) is 4.21. The van der Waals surface area contributed by atoms with Crippen LogP contribution in [0.3, 0.4) is 0 Å². The highest BCUT2D eigenvalue weighted by molar-refractivity contribution is 7.81. The predicted molar refractivity (Wildman–Crippen MR) is 50.9 cm³/mol. The molecule has 0 unspecified atom stereocenters. The average molecular weight is 185 g/mol. The van der Waals surface area contributed by atoms with Crippen molar-refractivity contribution in [3.63, 3.8) is 0 Å². The van der Waals surface area contributed by atoms with Gasteiger partial charge < -0.3 is 0 Å². The largest absolute Gasteiger partial charge is 0.259 e. The van der Waals surface area contributed by atoms with Gasteiger partial charge in [0.15, 0.2) is 0 Å². The van der Waals surface area contributed by atoms with E-state index in [1.54, 1.807) is 6.07 Å². The molecule has 0 aromatic carbocycles. The SMILES string of the molecule is Cc1cc(C(C)(C)S)c(F)cn1. The van der Waals surface area contributed by atoms with E-state index in [-0.39, 0.29) is 5.82 Å². The smallest absolute Gasteiger partial charge is 0.146 e. The Morgan fingerprint density at radius 1 is 1.50 bits per heavy atom. The van der Waals surface area contributed by atoms with Gasteiger partial charge >= 0.3 is 0 Å². The fraction of sp³-hybridized carbons (Fsp3) is 0.444. The maximum Gasteiger partial charge on any atom is 0.146 e. The molecule has 0 aliphatic rings. The highest BCUT2D eigenvalue weighted by Crippen LogP contribution is 2.28. The number of rotatable bonds is 1. The van der Waals surface area contributed by atoms with Crippen LogP contribution in [-0.2, 0) is 4.75 Å². The van der Waals surface area contributed by atoms with Crippen LogP contribution in [0, 0.1) is 12.7 Å². The van der Waals surface area contributed by atoms with Crippen LogP contribution in [0.2, 0.25) is 0 Å². The third-order valence-corrected chi connectivity index (χ3v) is 1.89. The van der Waals surface area contributed by atoms with Crippen LogP contribution in [0.1, 0.15) is 25.1 Å². The molecule has 0 aliphatic heterocycles. The zero-order chi connectivity index (χ0) is 9.35. The van der Waals surface area contributed by atoms with Crippen molar-refractivity contribution in [2.24, 2.45) is 0 Å². The number of pyridine rings is 1. The molecule has 0 saturated heterocycles. The van der Waals surface area contributed by atoms with E-state index in [2.05, 4.69) is 17.6 Å². The standard InChI is InChI=1S/C9H12FNS/c1-6-4-7(9(2,3)12)8(10)5-11-6/h4-5,12H,1-3H3. The molecular formula is C9H12FNS. The first-order valence-electron chi connectivity index (χ1n) is 3.76. The van der Waals surface area contributed by atoms with Crippen LogP contribution in [0.4, 0.5) is 4.39 Å². The van der Waals surface area contributed by atoms with E-state index in [9.17, 15) is 4.39 Å². The van der Waals surface area contributed by atoms with Crippen LogP contribution in [0.25, 0.3) is 0 Å². The van der Waals surface area contributed by atoms with E-state index in [0.29, 0.717) is 5.56 Å². The summed E-state index contributed by atoms with van der Waals surface area (Å²) in [5.41, 5.74) is 1.41. The molecule has 1 aromatic rings. The molecule has 0 atom stereocenters. The predicted octanol–water partition coefficient (Wildman–Crippen LogP) is 2.69. The monoisotopic (exact) mass is 185 g/mol. The van der Waals surface area contributed by atoms with Gasteiger partial charge in [-0.05, 0) is 26.8 Å². The van der Waals surface area contributed by atoms with Gasteiger partial charge in [0.2, 0.25) is 0 Å². The quantitative estimate of drug-likeness (QED) is 0.664. The first-order chi connectivity index (χ1) is 5.41. The molecule has 3 heteroatoms. The summed E-state index contributed by atoms with van der Waals surface area (Å²) in [4.78, 5) is 3.84.